The number of hydrogen-bond donors (Lipinski definition) is 0. The summed E-state index contributed by atoms with van der Waals surface area (Å²) in [5, 5.41) is 0. The summed E-state index contributed by atoms with van der Waals surface area (Å²) in [5.74, 6) is 0. The van der Waals surface area contributed by atoms with Crippen LogP contribution in [0.1, 0.15) is 6.92 Å². The summed E-state index contributed by atoms with van der Waals surface area (Å²) < 4.78 is 11.6. The molecule has 0 saturated heterocycles. The van der Waals surface area contributed by atoms with Crippen molar-refractivity contribution in [3.8, 4) is 6.08 Å². The van der Waals surface area contributed by atoms with Crippen molar-refractivity contribution in [2.45, 2.75) is 6.92 Å². The van der Waals surface area contributed by atoms with Crippen molar-refractivity contribution in [2.75, 3.05) is 6.61 Å². The summed E-state index contributed by atoms with van der Waals surface area (Å²) in [7, 11) is 0. The molecule has 2 aromatic rings. The molecule has 0 aliphatic rings. The van der Waals surface area contributed by atoms with E-state index < -0.39 is 0 Å². The molecule has 3 nitrogen and oxygen atoms in total. The maximum absolute atomic E-state index is 5.40. The molecule has 1 aromatic heterocycles. The molecule has 1 heterocycles. The fourth-order valence-corrected chi connectivity index (χ4v) is 1.67. The first-order valence-electron chi connectivity index (χ1n) is 3.99. The lowest BCUT2D eigenvalue weighted by atomic mass is 10.3. The van der Waals surface area contributed by atoms with Crippen molar-refractivity contribution in [3.63, 3.8) is 0 Å². The van der Waals surface area contributed by atoms with Crippen molar-refractivity contribution >= 4 is 33.7 Å². The summed E-state index contributed by atoms with van der Waals surface area (Å²) in [4.78, 5) is 4.17. The van der Waals surface area contributed by atoms with Gasteiger partial charge in [-0.15, -0.1) is 0 Å². The van der Waals surface area contributed by atoms with E-state index in [0.717, 1.165) is 14.7 Å². The normalized spacial score (nSPS) is 10.6. The molecule has 0 fully saturated rings. The van der Waals surface area contributed by atoms with Crippen LogP contribution in [0.5, 0.6) is 6.08 Å². The lowest BCUT2D eigenvalue weighted by Crippen LogP contribution is -1.89. The smallest absolute Gasteiger partial charge is 0.394 e. The molecule has 0 aliphatic heterocycles. The fourth-order valence-electron chi connectivity index (χ4n) is 1.08. The molecule has 0 N–H and O–H groups in total. The Labute approximate surface area is 89.2 Å². The third-order valence-electron chi connectivity index (χ3n) is 1.62. The van der Waals surface area contributed by atoms with Gasteiger partial charge in [0.05, 0.1) is 10.2 Å². The van der Waals surface area contributed by atoms with Crippen LogP contribution in [-0.4, -0.2) is 11.6 Å². The van der Waals surface area contributed by atoms with Crippen molar-refractivity contribution in [3.05, 3.63) is 21.8 Å². The number of fused-ring (bicyclic) bond motifs is 1. The van der Waals surface area contributed by atoms with E-state index in [-0.39, 0.29) is 0 Å². The number of rotatable bonds is 2. The van der Waals surface area contributed by atoms with Gasteiger partial charge in [-0.1, -0.05) is 6.07 Å². The SMILES string of the molecule is CCOc1nc2cccc(I)c2o1. The van der Waals surface area contributed by atoms with Gasteiger partial charge >= 0.3 is 6.08 Å². The standard InChI is InChI=1S/C9H8INO2/c1-2-12-9-11-7-5-3-4-6(10)8(7)13-9/h3-5H,2H2,1H3. The fraction of sp³-hybridized carbons (Fsp3) is 0.222. The van der Waals surface area contributed by atoms with E-state index in [0.29, 0.717) is 12.7 Å². The van der Waals surface area contributed by atoms with Gasteiger partial charge in [0.1, 0.15) is 5.52 Å². The van der Waals surface area contributed by atoms with Gasteiger partial charge in [0.2, 0.25) is 0 Å². The highest BCUT2D eigenvalue weighted by Gasteiger charge is 2.07. The number of nitrogens with zero attached hydrogens (tertiary/aromatic N) is 1. The van der Waals surface area contributed by atoms with E-state index >= 15 is 0 Å². The zero-order valence-corrected chi connectivity index (χ0v) is 9.24. The van der Waals surface area contributed by atoms with E-state index in [1.165, 1.54) is 0 Å². The summed E-state index contributed by atoms with van der Waals surface area (Å²) in [5.41, 5.74) is 1.64. The van der Waals surface area contributed by atoms with E-state index in [1.54, 1.807) is 0 Å². The third kappa shape index (κ3) is 1.63. The number of aromatic nitrogens is 1. The molecule has 2 rings (SSSR count). The van der Waals surface area contributed by atoms with Gasteiger partial charge in [0, 0.05) is 0 Å². The molecule has 0 spiro atoms. The lowest BCUT2D eigenvalue weighted by Gasteiger charge is -1.91. The highest BCUT2D eigenvalue weighted by molar-refractivity contribution is 14.1. The molecule has 0 bridgehead atoms. The number of halogens is 1. The lowest BCUT2D eigenvalue weighted by molar-refractivity contribution is 0.251. The quantitative estimate of drug-likeness (QED) is 0.797. The molecule has 4 heteroatoms. The first-order chi connectivity index (χ1) is 6.31. The molecule has 68 valence electrons. The van der Waals surface area contributed by atoms with Crippen molar-refractivity contribution in [2.24, 2.45) is 0 Å². The molecular formula is C9H8INO2. The number of para-hydroxylation sites is 1. The molecule has 1 aromatic carbocycles. The Morgan fingerprint density at radius 2 is 2.38 bits per heavy atom. The largest absolute Gasteiger partial charge is 0.450 e. The first kappa shape index (κ1) is 8.80. The minimum atomic E-state index is 0.349. The Morgan fingerprint density at radius 1 is 1.54 bits per heavy atom. The maximum Gasteiger partial charge on any atom is 0.394 e. The van der Waals surface area contributed by atoms with Crippen LogP contribution in [-0.2, 0) is 0 Å². The predicted molar refractivity (Wildman–Crippen MR) is 57.9 cm³/mol. The van der Waals surface area contributed by atoms with Crippen LogP contribution >= 0.6 is 22.6 Å². The van der Waals surface area contributed by atoms with Crippen molar-refractivity contribution < 1.29 is 9.15 Å². The molecule has 0 saturated carbocycles. The molecule has 0 radical (unpaired) electrons. The van der Waals surface area contributed by atoms with Crippen molar-refractivity contribution in [1.29, 1.82) is 0 Å². The zero-order valence-electron chi connectivity index (χ0n) is 7.08. The van der Waals surface area contributed by atoms with Gasteiger partial charge in [-0.05, 0) is 41.6 Å². The Bertz CT molecular complexity index is 424. The summed E-state index contributed by atoms with van der Waals surface area (Å²) in [6.45, 7) is 2.48. The second kappa shape index (κ2) is 3.53. The first-order valence-corrected chi connectivity index (χ1v) is 5.07. The molecule has 0 aliphatic carbocycles. The summed E-state index contributed by atoms with van der Waals surface area (Å²) in [6.07, 6.45) is 0.349. The summed E-state index contributed by atoms with van der Waals surface area (Å²) >= 11 is 2.21. The van der Waals surface area contributed by atoms with Gasteiger partial charge in [-0.3, -0.25) is 0 Å². The van der Waals surface area contributed by atoms with Crippen LogP contribution in [0, 0.1) is 3.57 Å². The second-order valence-corrected chi connectivity index (χ2v) is 3.66. The number of ether oxygens (including phenoxy) is 1. The summed E-state index contributed by atoms with van der Waals surface area (Å²) in [6, 6.07) is 5.83. The van der Waals surface area contributed by atoms with Gasteiger partial charge < -0.3 is 9.15 Å². The second-order valence-electron chi connectivity index (χ2n) is 2.50. The predicted octanol–water partition coefficient (Wildman–Crippen LogP) is 2.83. The van der Waals surface area contributed by atoms with Crippen LogP contribution in [0.15, 0.2) is 22.6 Å². The highest BCUT2D eigenvalue weighted by atomic mass is 127. The average Bonchev–Trinajstić information content (AvgIpc) is 2.49. The van der Waals surface area contributed by atoms with E-state index in [4.69, 9.17) is 9.15 Å². The van der Waals surface area contributed by atoms with Crippen LogP contribution in [0.2, 0.25) is 0 Å². The van der Waals surface area contributed by atoms with Gasteiger partial charge in [-0.2, -0.15) is 4.98 Å². The minimum absolute atomic E-state index is 0.349. The molecular weight excluding hydrogens is 281 g/mol. The molecule has 0 amide bonds. The third-order valence-corrected chi connectivity index (χ3v) is 2.46. The molecule has 0 atom stereocenters. The Hall–Kier alpha value is -0.780. The zero-order chi connectivity index (χ0) is 9.26. The Morgan fingerprint density at radius 3 is 3.08 bits per heavy atom. The van der Waals surface area contributed by atoms with Gasteiger partial charge in [-0.25, -0.2) is 0 Å². The van der Waals surface area contributed by atoms with E-state index in [9.17, 15) is 0 Å². The average molecular weight is 289 g/mol. The van der Waals surface area contributed by atoms with Gasteiger partial charge in [0.25, 0.3) is 0 Å². The van der Waals surface area contributed by atoms with Crippen LogP contribution in [0.3, 0.4) is 0 Å². The Kier molecular flexibility index (Phi) is 2.39. The molecule has 0 unspecified atom stereocenters. The molecule has 13 heavy (non-hydrogen) atoms. The topological polar surface area (TPSA) is 35.3 Å². The number of hydrogen-bond acceptors (Lipinski definition) is 3. The van der Waals surface area contributed by atoms with Crippen LogP contribution < -0.4 is 4.74 Å². The minimum Gasteiger partial charge on any atom is -0.450 e. The van der Waals surface area contributed by atoms with Gasteiger partial charge in [0.15, 0.2) is 5.58 Å². The highest BCUT2D eigenvalue weighted by Crippen LogP contribution is 2.24. The van der Waals surface area contributed by atoms with Crippen LogP contribution in [0.25, 0.3) is 11.1 Å². The van der Waals surface area contributed by atoms with Crippen molar-refractivity contribution in [1.82, 2.24) is 4.98 Å². The van der Waals surface area contributed by atoms with E-state index in [1.807, 2.05) is 25.1 Å². The monoisotopic (exact) mass is 289 g/mol. The Balaban J connectivity index is 2.55. The number of oxazole rings is 1. The van der Waals surface area contributed by atoms with Crippen LogP contribution in [0.4, 0.5) is 0 Å². The maximum atomic E-state index is 5.40. The number of benzene rings is 1. The van der Waals surface area contributed by atoms with E-state index in [2.05, 4.69) is 27.6 Å².